The van der Waals surface area contributed by atoms with Crippen LogP contribution in [0.1, 0.15) is 5.56 Å². The van der Waals surface area contributed by atoms with E-state index in [0.29, 0.717) is 18.7 Å². The number of halogens is 1. The van der Waals surface area contributed by atoms with Crippen LogP contribution in [-0.2, 0) is 26.9 Å². The fourth-order valence-electron chi connectivity index (χ4n) is 1.91. The molecule has 0 N–H and O–H groups in total. The molecule has 1 heterocycles. The molecule has 0 saturated heterocycles. The van der Waals surface area contributed by atoms with Gasteiger partial charge in [-0.3, -0.25) is 0 Å². The van der Waals surface area contributed by atoms with E-state index in [1.165, 1.54) is 37.2 Å². The number of nitrogens with zero attached hydrogens (tertiary/aromatic N) is 3. The van der Waals surface area contributed by atoms with Crippen molar-refractivity contribution in [2.45, 2.75) is 17.5 Å². The van der Waals surface area contributed by atoms with Crippen LogP contribution in [0.5, 0.6) is 5.75 Å². The molecule has 0 amide bonds. The molecule has 0 saturated carbocycles. The molecular formula is C13H16FN3O4S. The number of benzene rings is 1. The Labute approximate surface area is 127 Å². The predicted octanol–water partition coefficient (Wildman–Crippen LogP) is 1.05. The maximum atomic E-state index is 13.6. The van der Waals surface area contributed by atoms with Gasteiger partial charge in [-0.2, -0.15) is 0 Å². The maximum absolute atomic E-state index is 13.6. The fourth-order valence-corrected chi connectivity index (χ4v) is 3.33. The van der Waals surface area contributed by atoms with Crippen LogP contribution >= 0.6 is 0 Å². The van der Waals surface area contributed by atoms with Crippen LogP contribution in [0.15, 0.2) is 29.7 Å². The topological polar surface area (TPSA) is 83.3 Å². The van der Waals surface area contributed by atoms with Crippen molar-refractivity contribution in [3.63, 3.8) is 0 Å². The minimum atomic E-state index is -3.74. The van der Waals surface area contributed by atoms with Crippen molar-refractivity contribution in [2.75, 3.05) is 20.8 Å². The molecule has 0 fully saturated rings. The average Bonchev–Trinajstić information content (AvgIpc) is 2.94. The summed E-state index contributed by atoms with van der Waals surface area (Å²) in [6.45, 7) is 0.646. The number of hydrogen-bond acceptors (Lipinski definition) is 6. The molecule has 7 nitrogen and oxygen atoms in total. The standard InChI is InChI=1S/C13H16FN3O4S/c1-20-6-5-17-9-15-16-13(17)22(18,19)8-10-3-4-12(21-2)11(14)7-10/h3-4,7,9H,5-6,8H2,1-2H3. The largest absolute Gasteiger partial charge is 0.494 e. The number of ether oxygens (including phenoxy) is 2. The van der Waals surface area contributed by atoms with Crippen molar-refractivity contribution in [3.8, 4) is 5.75 Å². The van der Waals surface area contributed by atoms with Gasteiger partial charge in [0.05, 0.1) is 19.5 Å². The summed E-state index contributed by atoms with van der Waals surface area (Å²) in [6.07, 6.45) is 1.32. The van der Waals surface area contributed by atoms with Crippen LogP contribution in [0.2, 0.25) is 0 Å². The van der Waals surface area contributed by atoms with Gasteiger partial charge in [-0.05, 0) is 17.7 Å². The van der Waals surface area contributed by atoms with E-state index in [4.69, 9.17) is 9.47 Å². The SMILES string of the molecule is COCCn1cnnc1S(=O)(=O)Cc1ccc(OC)c(F)c1. The van der Waals surface area contributed by atoms with E-state index in [-0.39, 0.29) is 16.7 Å². The second-order valence-electron chi connectivity index (χ2n) is 4.53. The zero-order chi connectivity index (χ0) is 16.2. The molecule has 1 aromatic heterocycles. The van der Waals surface area contributed by atoms with E-state index >= 15 is 0 Å². The van der Waals surface area contributed by atoms with Crippen molar-refractivity contribution < 1.29 is 22.3 Å². The normalized spacial score (nSPS) is 11.6. The summed E-state index contributed by atoms with van der Waals surface area (Å²) in [5.74, 6) is -0.931. The van der Waals surface area contributed by atoms with Crippen molar-refractivity contribution in [1.82, 2.24) is 14.8 Å². The lowest BCUT2D eigenvalue weighted by Crippen LogP contribution is -2.15. The van der Waals surface area contributed by atoms with Gasteiger partial charge in [0.15, 0.2) is 11.6 Å². The van der Waals surface area contributed by atoms with E-state index in [0.717, 1.165) is 6.07 Å². The van der Waals surface area contributed by atoms with Crippen LogP contribution in [0.3, 0.4) is 0 Å². The van der Waals surface area contributed by atoms with Crippen molar-refractivity contribution in [1.29, 1.82) is 0 Å². The first-order valence-corrected chi connectivity index (χ1v) is 8.05. The Morgan fingerprint density at radius 3 is 2.73 bits per heavy atom. The van der Waals surface area contributed by atoms with E-state index in [2.05, 4.69) is 10.2 Å². The highest BCUT2D eigenvalue weighted by molar-refractivity contribution is 7.90. The van der Waals surface area contributed by atoms with E-state index in [9.17, 15) is 12.8 Å². The Balaban J connectivity index is 2.24. The van der Waals surface area contributed by atoms with Crippen LogP contribution in [0, 0.1) is 5.82 Å². The van der Waals surface area contributed by atoms with Gasteiger partial charge in [0.2, 0.25) is 15.0 Å². The summed E-state index contributed by atoms with van der Waals surface area (Å²) in [4.78, 5) is 0. The Morgan fingerprint density at radius 2 is 2.09 bits per heavy atom. The molecular weight excluding hydrogens is 313 g/mol. The molecule has 120 valence electrons. The molecule has 0 aliphatic carbocycles. The highest BCUT2D eigenvalue weighted by Crippen LogP contribution is 2.21. The van der Waals surface area contributed by atoms with Gasteiger partial charge in [-0.15, -0.1) is 10.2 Å². The maximum Gasteiger partial charge on any atom is 0.249 e. The van der Waals surface area contributed by atoms with Gasteiger partial charge in [-0.25, -0.2) is 12.8 Å². The average molecular weight is 329 g/mol. The number of hydrogen-bond donors (Lipinski definition) is 0. The summed E-state index contributed by atoms with van der Waals surface area (Å²) in [5.41, 5.74) is 0.305. The third-order valence-corrected chi connectivity index (χ3v) is 4.55. The summed E-state index contributed by atoms with van der Waals surface area (Å²) < 4.78 is 49.5. The van der Waals surface area contributed by atoms with Crippen molar-refractivity contribution in [2.24, 2.45) is 0 Å². The Bertz CT molecular complexity index is 745. The molecule has 22 heavy (non-hydrogen) atoms. The van der Waals surface area contributed by atoms with Gasteiger partial charge >= 0.3 is 0 Å². The third kappa shape index (κ3) is 3.60. The lowest BCUT2D eigenvalue weighted by molar-refractivity contribution is 0.184. The van der Waals surface area contributed by atoms with Gasteiger partial charge in [-0.1, -0.05) is 6.07 Å². The second kappa shape index (κ2) is 6.84. The van der Waals surface area contributed by atoms with Gasteiger partial charge < -0.3 is 14.0 Å². The van der Waals surface area contributed by atoms with Gasteiger partial charge in [0, 0.05) is 13.7 Å². The third-order valence-electron chi connectivity index (χ3n) is 2.97. The molecule has 0 spiro atoms. The van der Waals surface area contributed by atoms with E-state index < -0.39 is 15.7 Å². The first kappa shape index (κ1) is 16.4. The number of methoxy groups -OCH3 is 2. The quantitative estimate of drug-likeness (QED) is 0.755. The Kier molecular flexibility index (Phi) is 5.09. The first-order chi connectivity index (χ1) is 10.5. The molecule has 0 radical (unpaired) electrons. The molecule has 0 atom stereocenters. The lowest BCUT2D eigenvalue weighted by atomic mass is 10.2. The summed E-state index contributed by atoms with van der Waals surface area (Å²) >= 11 is 0. The number of aromatic nitrogens is 3. The Hall–Kier alpha value is -2.00. The first-order valence-electron chi connectivity index (χ1n) is 6.40. The van der Waals surface area contributed by atoms with Crippen LogP contribution in [0.4, 0.5) is 4.39 Å². The summed E-state index contributed by atoms with van der Waals surface area (Å²) in [6, 6.07) is 4.01. The van der Waals surface area contributed by atoms with Crippen LogP contribution in [0.25, 0.3) is 0 Å². The highest BCUT2D eigenvalue weighted by Gasteiger charge is 2.22. The number of rotatable bonds is 7. The van der Waals surface area contributed by atoms with E-state index in [1.54, 1.807) is 0 Å². The minimum absolute atomic E-state index is 0.0596. The van der Waals surface area contributed by atoms with Crippen molar-refractivity contribution in [3.05, 3.63) is 35.9 Å². The molecule has 2 rings (SSSR count). The molecule has 0 aliphatic rings. The van der Waals surface area contributed by atoms with Crippen LogP contribution < -0.4 is 4.74 Å². The molecule has 2 aromatic rings. The van der Waals surface area contributed by atoms with E-state index in [1.807, 2.05) is 0 Å². The van der Waals surface area contributed by atoms with Gasteiger partial charge in [0.1, 0.15) is 6.33 Å². The molecule has 0 unspecified atom stereocenters. The highest BCUT2D eigenvalue weighted by atomic mass is 32.2. The van der Waals surface area contributed by atoms with Crippen molar-refractivity contribution >= 4 is 9.84 Å². The molecule has 0 bridgehead atoms. The monoisotopic (exact) mass is 329 g/mol. The Morgan fingerprint density at radius 1 is 1.32 bits per heavy atom. The zero-order valence-electron chi connectivity index (χ0n) is 12.2. The smallest absolute Gasteiger partial charge is 0.249 e. The molecule has 1 aromatic carbocycles. The minimum Gasteiger partial charge on any atom is -0.494 e. The fraction of sp³-hybridized carbons (Fsp3) is 0.385. The second-order valence-corrected chi connectivity index (χ2v) is 6.41. The van der Waals surface area contributed by atoms with Gasteiger partial charge in [0.25, 0.3) is 0 Å². The predicted molar refractivity (Wildman–Crippen MR) is 75.7 cm³/mol. The lowest BCUT2D eigenvalue weighted by Gasteiger charge is -2.08. The summed E-state index contributed by atoms with van der Waals surface area (Å²) in [7, 11) is -0.888. The molecule has 0 aliphatic heterocycles. The van der Waals surface area contributed by atoms with Crippen LogP contribution in [-0.4, -0.2) is 44.0 Å². The number of sulfone groups is 1. The summed E-state index contributed by atoms with van der Waals surface area (Å²) in [5, 5.41) is 7.09. The molecule has 9 heteroatoms. The zero-order valence-corrected chi connectivity index (χ0v) is 13.0.